The van der Waals surface area contributed by atoms with Crippen molar-refractivity contribution in [1.29, 1.82) is 0 Å². The van der Waals surface area contributed by atoms with Crippen LogP contribution >= 0.6 is 11.3 Å². The Morgan fingerprint density at radius 2 is 2.10 bits per heavy atom. The van der Waals surface area contributed by atoms with Gasteiger partial charge in [0.1, 0.15) is 23.3 Å². The second-order valence-corrected chi connectivity index (χ2v) is 6.35. The zero-order chi connectivity index (χ0) is 13.7. The van der Waals surface area contributed by atoms with Gasteiger partial charge in [0.25, 0.3) is 0 Å². The fraction of sp³-hybridized carbons (Fsp3) is 0.250. The van der Waals surface area contributed by atoms with Crippen molar-refractivity contribution in [2.45, 2.75) is 25.4 Å². The summed E-state index contributed by atoms with van der Waals surface area (Å²) in [7, 11) is 0. The highest BCUT2D eigenvalue weighted by Gasteiger charge is 2.22. The predicted molar refractivity (Wildman–Crippen MR) is 76.6 cm³/mol. The van der Waals surface area contributed by atoms with Gasteiger partial charge in [0, 0.05) is 15.1 Å². The molecule has 2 heterocycles. The number of halogens is 1. The molecule has 2 nitrogen and oxygen atoms in total. The average Bonchev–Trinajstić information content (AvgIpc) is 3.10. The molecule has 102 valence electrons. The molecule has 1 unspecified atom stereocenters. The van der Waals surface area contributed by atoms with Crippen molar-refractivity contribution in [2.24, 2.45) is 0 Å². The Kier molecular flexibility index (Phi) is 2.69. The maximum absolute atomic E-state index is 13.2. The SMILES string of the molecule is OC(c1cc2cc(F)ccc2o1)c1cc2c(s1)CCC2. The zero-order valence-electron chi connectivity index (χ0n) is 10.7. The molecule has 20 heavy (non-hydrogen) atoms. The molecule has 0 saturated carbocycles. The van der Waals surface area contributed by atoms with Gasteiger partial charge in [-0.1, -0.05) is 0 Å². The second kappa shape index (κ2) is 4.43. The molecule has 3 aromatic rings. The number of aliphatic hydroxyl groups excluding tert-OH is 1. The van der Waals surface area contributed by atoms with Crippen LogP contribution in [-0.2, 0) is 12.8 Å². The molecule has 1 atom stereocenters. The molecule has 0 aliphatic heterocycles. The van der Waals surface area contributed by atoms with Crippen molar-refractivity contribution in [3.63, 3.8) is 0 Å². The molecular formula is C16H13FO2S. The third-order valence-corrected chi connectivity index (χ3v) is 5.09. The number of hydrogen-bond donors (Lipinski definition) is 1. The summed E-state index contributed by atoms with van der Waals surface area (Å²) in [6, 6.07) is 8.17. The number of benzene rings is 1. The van der Waals surface area contributed by atoms with Crippen LogP contribution in [0.15, 0.2) is 34.7 Å². The number of thiophene rings is 1. The van der Waals surface area contributed by atoms with E-state index in [2.05, 4.69) is 6.07 Å². The molecule has 4 rings (SSSR count). The Balaban J connectivity index is 1.73. The van der Waals surface area contributed by atoms with E-state index in [1.807, 2.05) is 0 Å². The van der Waals surface area contributed by atoms with Crippen LogP contribution in [-0.4, -0.2) is 5.11 Å². The van der Waals surface area contributed by atoms with E-state index in [4.69, 9.17) is 4.42 Å². The smallest absolute Gasteiger partial charge is 0.146 e. The Labute approximate surface area is 119 Å². The van der Waals surface area contributed by atoms with E-state index in [0.717, 1.165) is 17.7 Å². The van der Waals surface area contributed by atoms with E-state index < -0.39 is 6.10 Å². The van der Waals surface area contributed by atoms with Gasteiger partial charge in [-0.15, -0.1) is 11.3 Å². The van der Waals surface area contributed by atoms with Crippen LogP contribution in [0, 0.1) is 5.82 Å². The first-order chi connectivity index (χ1) is 9.70. The molecule has 0 amide bonds. The monoisotopic (exact) mass is 288 g/mol. The standard InChI is InChI=1S/C16H13FO2S/c17-11-4-5-12-10(6-11)7-13(19-12)16(18)15-8-9-2-1-3-14(9)20-15/h4-8,16,18H,1-3H2. The van der Waals surface area contributed by atoms with Crippen molar-refractivity contribution in [1.82, 2.24) is 0 Å². The topological polar surface area (TPSA) is 33.4 Å². The summed E-state index contributed by atoms with van der Waals surface area (Å²) in [5.74, 6) is 0.181. The van der Waals surface area contributed by atoms with E-state index in [-0.39, 0.29) is 5.82 Å². The lowest BCUT2D eigenvalue weighted by molar-refractivity contribution is 0.196. The minimum absolute atomic E-state index is 0.297. The maximum Gasteiger partial charge on any atom is 0.146 e. The lowest BCUT2D eigenvalue weighted by Gasteiger charge is -2.04. The summed E-state index contributed by atoms with van der Waals surface area (Å²) in [4.78, 5) is 2.29. The molecule has 1 aromatic carbocycles. The van der Waals surface area contributed by atoms with Crippen molar-refractivity contribution >= 4 is 22.3 Å². The first-order valence-electron chi connectivity index (χ1n) is 6.69. The van der Waals surface area contributed by atoms with Crippen LogP contribution < -0.4 is 0 Å². The van der Waals surface area contributed by atoms with Gasteiger partial charge in [-0.3, -0.25) is 0 Å². The van der Waals surface area contributed by atoms with Gasteiger partial charge >= 0.3 is 0 Å². The highest BCUT2D eigenvalue weighted by Crippen LogP contribution is 2.37. The fourth-order valence-corrected chi connectivity index (χ4v) is 4.05. The molecule has 0 saturated heterocycles. The molecule has 0 fully saturated rings. The summed E-state index contributed by atoms with van der Waals surface area (Å²) in [6.07, 6.45) is 2.66. The van der Waals surface area contributed by atoms with E-state index in [9.17, 15) is 9.50 Å². The molecule has 0 spiro atoms. The summed E-state index contributed by atoms with van der Waals surface area (Å²) in [5, 5.41) is 11.1. The van der Waals surface area contributed by atoms with Gasteiger partial charge < -0.3 is 9.52 Å². The van der Waals surface area contributed by atoms with E-state index in [0.29, 0.717) is 16.7 Å². The quantitative estimate of drug-likeness (QED) is 0.766. The van der Waals surface area contributed by atoms with Gasteiger partial charge in [-0.05, 0) is 55.2 Å². The largest absolute Gasteiger partial charge is 0.458 e. The van der Waals surface area contributed by atoms with E-state index in [1.54, 1.807) is 23.5 Å². The first-order valence-corrected chi connectivity index (χ1v) is 7.51. The van der Waals surface area contributed by atoms with Gasteiger partial charge in [-0.25, -0.2) is 4.39 Å². The number of aryl methyl sites for hydroxylation is 2. The van der Waals surface area contributed by atoms with Crippen LogP contribution in [0.5, 0.6) is 0 Å². The Bertz CT molecular complexity index is 765. The average molecular weight is 288 g/mol. The molecule has 1 aliphatic rings. The second-order valence-electron chi connectivity index (χ2n) is 5.18. The van der Waals surface area contributed by atoms with Crippen molar-refractivity contribution < 1.29 is 13.9 Å². The van der Waals surface area contributed by atoms with Gasteiger partial charge in [0.15, 0.2) is 0 Å². The zero-order valence-corrected chi connectivity index (χ0v) is 11.5. The summed E-state index contributed by atoms with van der Waals surface area (Å²) < 4.78 is 18.8. The number of hydrogen-bond acceptors (Lipinski definition) is 3. The van der Waals surface area contributed by atoms with Gasteiger partial charge in [0.2, 0.25) is 0 Å². The lowest BCUT2D eigenvalue weighted by atomic mass is 10.1. The third-order valence-electron chi connectivity index (χ3n) is 3.80. The molecule has 1 aliphatic carbocycles. The molecule has 2 aromatic heterocycles. The summed E-state index contributed by atoms with van der Waals surface area (Å²) >= 11 is 1.65. The van der Waals surface area contributed by atoms with Gasteiger partial charge in [-0.2, -0.15) is 0 Å². The van der Waals surface area contributed by atoms with Crippen LogP contribution in [0.4, 0.5) is 4.39 Å². The van der Waals surface area contributed by atoms with Crippen LogP contribution in [0.25, 0.3) is 11.0 Å². The van der Waals surface area contributed by atoms with Crippen molar-refractivity contribution in [3.8, 4) is 0 Å². The Morgan fingerprint density at radius 3 is 2.95 bits per heavy atom. The fourth-order valence-electron chi connectivity index (χ4n) is 2.80. The Morgan fingerprint density at radius 1 is 1.20 bits per heavy atom. The number of furan rings is 1. The Hall–Kier alpha value is -1.65. The van der Waals surface area contributed by atoms with Crippen molar-refractivity contribution in [3.05, 3.63) is 57.2 Å². The van der Waals surface area contributed by atoms with E-state index in [1.165, 1.54) is 29.0 Å². The number of aliphatic hydroxyl groups is 1. The molecule has 0 bridgehead atoms. The van der Waals surface area contributed by atoms with Crippen molar-refractivity contribution in [2.75, 3.05) is 0 Å². The highest BCUT2D eigenvalue weighted by atomic mass is 32.1. The molecule has 4 heteroatoms. The molecular weight excluding hydrogens is 275 g/mol. The first kappa shape index (κ1) is 12.1. The van der Waals surface area contributed by atoms with Crippen LogP contribution in [0.1, 0.15) is 33.6 Å². The van der Waals surface area contributed by atoms with Crippen LogP contribution in [0.2, 0.25) is 0 Å². The van der Waals surface area contributed by atoms with Gasteiger partial charge in [0.05, 0.1) is 0 Å². The number of rotatable bonds is 2. The minimum Gasteiger partial charge on any atom is -0.458 e. The van der Waals surface area contributed by atoms with E-state index >= 15 is 0 Å². The third kappa shape index (κ3) is 1.87. The highest BCUT2D eigenvalue weighted by molar-refractivity contribution is 7.12. The summed E-state index contributed by atoms with van der Waals surface area (Å²) in [5.41, 5.74) is 1.95. The predicted octanol–water partition coefficient (Wildman–Crippen LogP) is 4.20. The number of fused-ring (bicyclic) bond motifs is 2. The summed E-state index contributed by atoms with van der Waals surface area (Å²) in [6.45, 7) is 0. The normalized spacial score (nSPS) is 15.7. The molecule has 1 N–H and O–H groups in total. The minimum atomic E-state index is -0.763. The molecule has 0 radical (unpaired) electrons. The van der Waals surface area contributed by atoms with Crippen LogP contribution in [0.3, 0.4) is 0 Å². The maximum atomic E-state index is 13.2. The lowest BCUT2D eigenvalue weighted by Crippen LogP contribution is -1.94.